The Morgan fingerprint density at radius 1 is 0.667 bits per heavy atom. The molecule has 0 amide bonds. The van der Waals surface area contributed by atoms with E-state index in [9.17, 15) is 4.57 Å². The van der Waals surface area contributed by atoms with E-state index in [0.717, 1.165) is 32.5 Å². The highest BCUT2D eigenvalue weighted by Gasteiger charge is 2.41. The highest BCUT2D eigenvalue weighted by atomic mass is 31.2. The number of nitrogens with one attached hydrogen (secondary N) is 1. The predicted octanol–water partition coefficient (Wildman–Crippen LogP) is 2.18. The lowest BCUT2D eigenvalue weighted by atomic mass is 10.1. The molecule has 3 saturated heterocycles. The normalized spacial score (nSPS) is 27.8. The molecule has 0 saturated carbocycles. The van der Waals surface area contributed by atoms with Gasteiger partial charge in [-0.2, -0.15) is 0 Å². The summed E-state index contributed by atoms with van der Waals surface area (Å²) in [5, 5.41) is 0. The molecule has 0 aliphatic carbocycles. The smallest absolute Gasteiger partial charge is 0.269 e. The van der Waals surface area contributed by atoms with Crippen molar-refractivity contribution in [2.75, 3.05) is 45.6 Å². The van der Waals surface area contributed by atoms with Gasteiger partial charge in [-0.3, -0.25) is 4.57 Å². The second-order valence-corrected chi connectivity index (χ2v) is 9.94. The summed E-state index contributed by atoms with van der Waals surface area (Å²) < 4.78 is 18.8. The highest BCUT2D eigenvalue weighted by Crippen LogP contribution is 2.53. The van der Waals surface area contributed by atoms with Gasteiger partial charge in [-0.25, -0.2) is 9.34 Å². The fourth-order valence-electron chi connectivity index (χ4n) is 4.26. The Balaban J connectivity index is 1.73. The van der Waals surface area contributed by atoms with Crippen molar-refractivity contribution in [3.8, 4) is 0 Å². The summed E-state index contributed by atoms with van der Waals surface area (Å²) in [6, 6.07) is 0. The second kappa shape index (κ2) is 7.59. The molecule has 1 N–H and O–H groups in total. The molecule has 3 fully saturated rings. The highest BCUT2D eigenvalue weighted by molar-refractivity contribution is 7.58. The second-order valence-electron chi connectivity index (χ2n) is 7.16. The van der Waals surface area contributed by atoms with E-state index in [-0.39, 0.29) is 0 Å². The summed E-state index contributed by atoms with van der Waals surface area (Å²) in [5.41, 5.74) is 0. The Morgan fingerprint density at radius 3 is 1.57 bits per heavy atom. The van der Waals surface area contributed by atoms with Gasteiger partial charge in [0, 0.05) is 26.2 Å². The number of hydrogen-bond donors (Lipinski definition) is 1. The Kier molecular flexibility index (Phi) is 5.78. The van der Waals surface area contributed by atoms with Crippen molar-refractivity contribution in [3.05, 3.63) is 0 Å². The van der Waals surface area contributed by atoms with Gasteiger partial charge in [0.2, 0.25) is 0 Å². The van der Waals surface area contributed by atoms with Crippen molar-refractivity contribution in [1.82, 2.24) is 9.34 Å². The summed E-state index contributed by atoms with van der Waals surface area (Å²) in [4.78, 5) is 1.61. The number of likely N-dealkylation sites (tertiary alicyclic amines) is 1. The molecule has 0 aromatic carbocycles. The molecule has 21 heavy (non-hydrogen) atoms. The molecular formula is C16H33N3OP+. The first kappa shape index (κ1) is 16.0. The minimum Gasteiger partial charge on any atom is -0.327 e. The average molecular weight is 314 g/mol. The van der Waals surface area contributed by atoms with E-state index < -0.39 is 7.44 Å². The maximum atomic E-state index is 14.0. The molecule has 0 unspecified atom stereocenters. The number of hydrogen-bond acceptors (Lipinski definition) is 1. The molecule has 3 heterocycles. The maximum Gasteiger partial charge on any atom is 0.269 e. The van der Waals surface area contributed by atoms with Gasteiger partial charge >= 0.3 is 0 Å². The van der Waals surface area contributed by atoms with Crippen LogP contribution in [-0.4, -0.2) is 54.9 Å². The number of piperidine rings is 3. The van der Waals surface area contributed by atoms with E-state index in [4.69, 9.17) is 0 Å². The van der Waals surface area contributed by atoms with Crippen LogP contribution in [0.25, 0.3) is 0 Å². The van der Waals surface area contributed by atoms with Crippen LogP contribution in [0.3, 0.4) is 0 Å². The first-order valence-corrected chi connectivity index (χ1v) is 11.0. The first-order valence-electron chi connectivity index (χ1n) is 9.22. The van der Waals surface area contributed by atoms with Crippen LogP contribution in [-0.2, 0) is 4.57 Å². The first-order chi connectivity index (χ1) is 10.3. The van der Waals surface area contributed by atoms with Crippen LogP contribution in [0.5, 0.6) is 0 Å². The Morgan fingerprint density at radius 2 is 1.10 bits per heavy atom. The Labute approximate surface area is 130 Å². The Hall–Kier alpha value is 0.110. The molecule has 0 bridgehead atoms. The molecule has 122 valence electrons. The zero-order valence-corrected chi connectivity index (χ0v) is 14.5. The van der Waals surface area contributed by atoms with E-state index in [0.29, 0.717) is 0 Å². The summed E-state index contributed by atoms with van der Waals surface area (Å²) in [7, 11) is -2.31. The van der Waals surface area contributed by atoms with Gasteiger partial charge in [0.1, 0.15) is 0 Å². The van der Waals surface area contributed by atoms with E-state index >= 15 is 0 Å². The van der Waals surface area contributed by atoms with Crippen molar-refractivity contribution < 1.29 is 9.46 Å². The zero-order chi connectivity index (χ0) is 14.5. The fraction of sp³-hybridized carbons (Fsp3) is 1.00. The quantitative estimate of drug-likeness (QED) is 0.806. The predicted molar refractivity (Wildman–Crippen MR) is 87.9 cm³/mol. The molecule has 4 nitrogen and oxygen atoms in total. The van der Waals surface area contributed by atoms with Gasteiger partial charge in [0.25, 0.3) is 7.44 Å². The van der Waals surface area contributed by atoms with Gasteiger partial charge in [-0.15, -0.1) is 0 Å². The molecule has 3 aliphatic rings. The van der Waals surface area contributed by atoms with E-state index in [1.54, 1.807) is 4.90 Å². The van der Waals surface area contributed by atoms with Gasteiger partial charge in [0.15, 0.2) is 6.29 Å². The standard InChI is InChI=1S/C16H32N3OP/c20-21(18-12-6-2-7-13-18,19-14-8-3-9-15-19)16-17-10-4-1-5-11-17/h1-16H2/p+1. The van der Waals surface area contributed by atoms with E-state index in [1.807, 2.05) is 0 Å². The monoisotopic (exact) mass is 314 g/mol. The third-order valence-electron chi connectivity index (χ3n) is 5.54. The van der Waals surface area contributed by atoms with Crippen LogP contribution in [0, 0.1) is 0 Å². The third kappa shape index (κ3) is 3.90. The van der Waals surface area contributed by atoms with Crippen LogP contribution in [0.1, 0.15) is 57.8 Å². The molecule has 0 aromatic rings. The summed E-state index contributed by atoms with van der Waals surface area (Å²) in [5.74, 6) is 0. The molecule has 5 heteroatoms. The molecule has 0 aromatic heterocycles. The van der Waals surface area contributed by atoms with Crippen molar-refractivity contribution in [1.29, 1.82) is 0 Å². The van der Waals surface area contributed by atoms with E-state index in [1.165, 1.54) is 70.9 Å². The maximum absolute atomic E-state index is 14.0. The molecular weight excluding hydrogens is 281 g/mol. The Bertz CT molecular complexity index is 337. The summed E-state index contributed by atoms with van der Waals surface area (Å²) in [6.45, 7) is 6.77. The van der Waals surface area contributed by atoms with Gasteiger partial charge in [-0.1, -0.05) is 12.8 Å². The van der Waals surface area contributed by atoms with Crippen LogP contribution in [0.15, 0.2) is 0 Å². The van der Waals surface area contributed by atoms with Crippen LogP contribution >= 0.6 is 7.44 Å². The molecule has 3 rings (SSSR count). The molecule has 0 radical (unpaired) electrons. The third-order valence-corrected chi connectivity index (χ3v) is 8.97. The molecule has 0 spiro atoms. The van der Waals surface area contributed by atoms with Gasteiger partial charge in [-0.05, 0) is 44.9 Å². The lowest BCUT2D eigenvalue weighted by Gasteiger charge is -2.43. The van der Waals surface area contributed by atoms with Crippen molar-refractivity contribution in [2.24, 2.45) is 0 Å². The van der Waals surface area contributed by atoms with Gasteiger partial charge in [0.05, 0.1) is 13.1 Å². The lowest BCUT2D eigenvalue weighted by Crippen LogP contribution is -3.12. The lowest BCUT2D eigenvalue weighted by molar-refractivity contribution is -0.893. The number of nitrogens with zero attached hydrogens (tertiary/aromatic N) is 2. The fourth-order valence-corrected chi connectivity index (χ4v) is 7.73. The van der Waals surface area contributed by atoms with Crippen molar-refractivity contribution in [3.63, 3.8) is 0 Å². The molecule has 0 atom stereocenters. The van der Waals surface area contributed by atoms with Crippen molar-refractivity contribution in [2.45, 2.75) is 57.8 Å². The summed E-state index contributed by atoms with van der Waals surface area (Å²) in [6.07, 6.45) is 12.6. The minimum atomic E-state index is -2.31. The topological polar surface area (TPSA) is 28.0 Å². The van der Waals surface area contributed by atoms with Crippen molar-refractivity contribution >= 4 is 7.44 Å². The number of rotatable bonds is 4. The summed E-state index contributed by atoms with van der Waals surface area (Å²) >= 11 is 0. The molecule has 3 aliphatic heterocycles. The van der Waals surface area contributed by atoms with Crippen LogP contribution in [0.2, 0.25) is 0 Å². The van der Waals surface area contributed by atoms with Gasteiger partial charge < -0.3 is 4.90 Å². The van der Waals surface area contributed by atoms with Crippen LogP contribution in [0.4, 0.5) is 0 Å². The number of quaternary nitrogens is 1. The zero-order valence-electron chi connectivity index (χ0n) is 13.6. The average Bonchev–Trinajstić information content (AvgIpc) is 2.57. The van der Waals surface area contributed by atoms with Crippen LogP contribution < -0.4 is 4.90 Å². The minimum absolute atomic E-state index is 0.910. The van der Waals surface area contributed by atoms with E-state index in [2.05, 4.69) is 9.34 Å². The largest absolute Gasteiger partial charge is 0.327 e. The SMILES string of the molecule is O=P(C[NH+]1CCCCC1)(N1CCCCC1)N1CCCCC1.